The molecule has 0 aliphatic carbocycles. The molecular formula is C16H17N3O4. The number of carbonyl (C=O) groups is 1. The molecule has 1 amide bonds. The zero-order valence-corrected chi connectivity index (χ0v) is 13.1. The summed E-state index contributed by atoms with van der Waals surface area (Å²) >= 11 is 0. The highest BCUT2D eigenvalue weighted by Crippen LogP contribution is 2.33. The fraction of sp³-hybridized carbons (Fsp3) is 0.188. The van der Waals surface area contributed by atoms with Gasteiger partial charge in [0.2, 0.25) is 0 Å². The number of amides is 1. The van der Waals surface area contributed by atoms with Crippen molar-refractivity contribution in [2.24, 2.45) is 5.10 Å². The summed E-state index contributed by atoms with van der Waals surface area (Å²) in [6.07, 6.45) is 3.00. The minimum Gasteiger partial charge on any atom is -0.496 e. The van der Waals surface area contributed by atoms with Crippen molar-refractivity contribution < 1.29 is 19.0 Å². The highest BCUT2D eigenvalue weighted by atomic mass is 16.5. The molecule has 0 fully saturated rings. The zero-order chi connectivity index (χ0) is 16.7. The number of methoxy groups -OCH3 is 3. The first-order valence-corrected chi connectivity index (χ1v) is 6.74. The standard InChI is InChI=1S/C16H17N3O4/c1-21-13-9-15(23-3)14(22-2)8-11(13)10-18-19-16(20)12-6-4-5-7-17-12/h4-10H,1-3H3,(H,19,20)/b18-10+. The van der Waals surface area contributed by atoms with Crippen LogP contribution < -0.4 is 19.6 Å². The molecule has 1 aromatic carbocycles. The molecule has 1 aromatic heterocycles. The van der Waals surface area contributed by atoms with E-state index in [9.17, 15) is 4.79 Å². The van der Waals surface area contributed by atoms with E-state index in [4.69, 9.17) is 14.2 Å². The van der Waals surface area contributed by atoms with Crippen LogP contribution in [0.25, 0.3) is 0 Å². The Balaban J connectivity index is 2.17. The molecule has 2 aromatic rings. The number of rotatable bonds is 6. The van der Waals surface area contributed by atoms with Crippen LogP contribution in [-0.4, -0.2) is 38.4 Å². The summed E-state index contributed by atoms with van der Waals surface area (Å²) in [5, 5.41) is 3.92. The Morgan fingerprint density at radius 2 is 1.78 bits per heavy atom. The van der Waals surface area contributed by atoms with Gasteiger partial charge < -0.3 is 14.2 Å². The summed E-state index contributed by atoms with van der Waals surface area (Å²) in [4.78, 5) is 15.8. The normalized spacial score (nSPS) is 10.4. The number of ether oxygens (including phenoxy) is 3. The van der Waals surface area contributed by atoms with Crippen molar-refractivity contribution in [1.82, 2.24) is 10.4 Å². The van der Waals surface area contributed by atoms with Gasteiger partial charge in [0.05, 0.1) is 27.5 Å². The van der Waals surface area contributed by atoms with Crippen molar-refractivity contribution in [1.29, 1.82) is 0 Å². The van der Waals surface area contributed by atoms with Crippen molar-refractivity contribution in [2.45, 2.75) is 0 Å². The van der Waals surface area contributed by atoms with E-state index in [0.29, 0.717) is 22.8 Å². The van der Waals surface area contributed by atoms with Gasteiger partial charge >= 0.3 is 0 Å². The minimum absolute atomic E-state index is 0.281. The third-order valence-corrected chi connectivity index (χ3v) is 3.00. The van der Waals surface area contributed by atoms with Gasteiger partial charge in [0.25, 0.3) is 5.91 Å². The maximum atomic E-state index is 11.8. The largest absolute Gasteiger partial charge is 0.496 e. The number of hydrazone groups is 1. The van der Waals surface area contributed by atoms with E-state index >= 15 is 0 Å². The van der Waals surface area contributed by atoms with Gasteiger partial charge in [0, 0.05) is 17.8 Å². The molecule has 0 atom stereocenters. The molecule has 7 nitrogen and oxygen atoms in total. The van der Waals surface area contributed by atoms with Crippen molar-refractivity contribution in [3.05, 3.63) is 47.8 Å². The molecule has 0 aliphatic heterocycles. The summed E-state index contributed by atoms with van der Waals surface area (Å²) in [6.45, 7) is 0. The minimum atomic E-state index is -0.402. The number of benzene rings is 1. The van der Waals surface area contributed by atoms with E-state index in [1.165, 1.54) is 33.7 Å². The fourth-order valence-corrected chi connectivity index (χ4v) is 1.87. The molecule has 0 radical (unpaired) electrons. The zero-order valence-electron chi connectivity index (χ0n) is 13.1. The molecule has 0 aliphatic rings. The Morgan fingerprint density at radius 1 is 1.09 bits per heavy atom. The molecule has 0 saturated heterocycles. The van der Waals surface area contributed by atoms with Crippen LogP contribution in [0.2, 0.25) is 0 Å². The van der Waals surface area contributed by atoms with Crippen molar-refractivity contribution in [3.63, 3.8) is 0 Å². The summed E-state index contributed by atoms with van der Waals surface area (Å²) in [6, 6.07) is 8.44. The second-order valence-electron chi connectivity index (χ2n) is 4.36. The third-order valence-electron chi connectivity index (χ3n) is 3.00. The molecule has 23 heavy (non-hydrogen) atoms. The van der Waals surface area contributed by atoms with Gasteiger partial charge in [-0.15, -0.1) is 0 Å². The molecule has 7 heteroatoms. The summed E-state index contributed by atoms with van der Waals surface area (Å²) < 4.78 is 15.7. The van der Waals surface area contributed by atoms with Crippen molar-refractivity contribution >= 4 is 12.1 Å². The molecule has 0 spiro atoms. The van der Waals surface area contributed by atoms with Crippen LogP contribution in [0.3, 0.4) is 0 Å². The Bertz CT molecular complexity index is 702. The van der Waals surface area contributed by atoms with Gasteiger partial charge in [-0.05, 0) is 18.2 Å². The van der Waals surface area contributed by atoms with Gasteiger partial charge in [0.1, 0.15) is 11.4 Å². The molecule has 0 bridgehead atoms. The first kappa shape index (κ1) is 16.3. The number of aromatic nitrogens is 1. The van der Waals surface area contributed by atoms with Gasteiger partial charge in [0.15, 0.2) is 11.5 Å². The van der Waals surface area contributed by atoms with E-state index in [1.54, 1.807) is 30.3 Å². The van der Waals surface area contributed by atoms with Crippen LogP contribution in [0.5, 0.6) is 17.2 Å². The molecule has 0 unspecified atom stereocenters. The predicted molar refractivity (Wildman–Crippen MR) is 85.4 cm³/mol. The highest BCUT2D eigenvalue weighted by molar-refractivity contribution is 5.93. The topological polar surface area (TPSA) is 82.0 Å². The van der Waals surface area contributed by atoms with Crippen LogP contribution >= 0.6 is 0 Å². The Morgan fingerprint density at radius 3 is 2.39 bits per heavy atom. The van der Waals surface area contributed by atoms with E-state index in [2.05, 4.69) is 15.5 Å². The van der Waals surface area contributed by atoms with Crippen LogP contribution in [0.1, 0.15) is 16.1 Å². The lowest BCUT2D eigenvalue weighted by Gasteiger charge is -2.11. The number of carbonyl (C=O) groups excluding carboxylic acids is 1. The lowest BCUT2D eigenvalue weighted by atomic mass is 10.2. The quantitative estimate of drug-likeness (QED) is 0.650. The average Bonchev–Trinajstić information content (AvgIpc) is 2.61. The third kappa shape index (κ3) is 3.97. The molecule has 1 N–H and O–H groups in total. The molecule has 2 rings (SSSR count). The van der Waals surface area contributed by atoms with Gasteiger partial charge in [-0.3, -0.25) is 9.78 Å². The van der Waals surface area contributed by atoms with E-state index in [1.807, 2.05) is 0 Å². The predicted octanol–water partition coefficient (Wildman–Crippen LogP) is 1.87. The molecule has 1 heterocycles. The first-order valence-electron chi connectivity index (χ1n) is 6.74. The second-order valence-corrected chi connectivity index (χ2v) is 4.36. The first-order chi connectivity index (χ1) is 11.2. The summed E-state index contributed by atoms with van der Waals surface area (Å²) in [5.41, 5.74) is 3.32. The lowest BCUT2D eigenvalue weighted by Crippen LogP contribution is -2.18. The van der Waals surface area contributed by atoms with Crippen LogP contribution in [0.4, 0.5) is 0 Å². The SMILES string of the molecule is COc1cc(OC)c(OC)cc1/C=N/NC(=O)c1ccccn1. The van der Waals surface area contributed by atoms with Crippen LogP contribution in [0, 0.1) is 0 Å². The fourth-order valence-electron chi connectivity index (χ4n) is 1.87. The summed E-state index contributed by atoms with van der Waals surface area (Å²) in [7, 11) is 4.61. The molecular weight excluding hydrogens is 298 g/mol. The smallest absolute Gasteiger partial charge is 0.289 e. The van der Waals surface area contributed by atoms with Crippen LogP contribution in [0.15, 0.2) is 41.6 Å². The number of pyridine rings is 1. The lowest BCUT2D eigenvalue weighted by molar-refractivity contribution is 0.0950. The maximum absolute atomic E-state index is 11.8. The second kappa shape index (κ2) is 7.79. The van der Waals surface area contributed by atoms with Crippen molar-refractivity contribution in [2.75, 3.05) is 21.3 Å². The Kier molecular flexibility index (Phi) is 5.51. The van der Waals surface area contributed by atoms with Gasteiger partial charge in [-0.2, -0.15) is 5.10 Å². The number of nitrogens with one attached hydrogen (secondary N) is 1. The average molecular weight is 315 g/mol. The van der Waals surface area contributed by atoms with E-state index in [0.717, 1.165) is 0 Å². The summed E-state index contributed by atoms with van der Waals surface area (Å²) in [5.74, 6) is 1.21. The molecule has 0 saturated carbocycles. The van der Waals surface area contributed by atoms with Gasteiger partial charge in [-0.1, -0.05) is 6.07 Å². The Hall–Kier alpha value is -3.09. The number of hydrogen-bond donors (Lipinski definition) is 1. The monoisotopic (exact) mass is 315 g/mol. The van der Waals surface area contributed by atoms with E-state index < -0.39 is 5.91 Å². The number of nitrogens with zero attached hydrogens (tertiary/aromatic N) is 2. The number of hydrogen-bond acceptors (Lipinski definition) is 6. The van der Waals surface area contributed by atoms with Crippen molar-refractivity contribution in [3.8, 4) is 17.2 Å². The van der Waals surface area contributed by atoms with E-state index in [-0.39, 0.29) is 5.69 Å². The highest BCUT2D eigenvalue weighted by Gasteiger charge is 2.10. The van der Waals surface area contributed by atoms with Gasteiger partial charge in [-0.25, -0.2) is 5.43 Å². The van der Waals surface area contributed by atoms with Crippen LogP contribution in [-0.2, 0) is 0 Å². The Labute approximate surface area is 133 Å². The maximum Gasteiger partial charge on any atom is 0.289 e. The molecule has 120 valence electrons.